The molecule has 0 atom stereocenters. The van der Waals surface area contributed by atoms with Gasteiger partial charge < -0.3 is 9.80 Å². The van der Waals surface area contributed by atoms with Gasteiger partial charge in [-0.25, -0.2) is 4.68 Å². The summed E-state index contributed by atoms with van der Waals surface area (Å²) in [6, 6.07) is 7.49. The summed E-state index contributed by atoms with van der Waals surface area (Å²) in [4.78, 5) is 31.7. The Bertz CT molecular complexity index is 956. The van der Waals surface area contributed by atoms with Crippen LogP contribution in [-0.2, 0) is 4.79 Å². The number of aryl methyl sites for hydroxylation is 1. The van der Waals surface area contributed by atoms with E-state index < -0.39 is 0 Å². The average Bonchev–Trinajstić information content (AvgIpc) is 3.00. The van der Waals surface area contributed by atoms with Crippen LogP contribution in [0.2, 0.25) is 5.02 Å². The molecule has 2 aromatic rings. The summed E-state index contributed by atoms with van der Waals surface area (Å²) >= 11 is 6.25. The van der Waals surface area contributed by atoms with Crippen molar-refractivity contribution in [3.8, 4) is 5.69 Å². The van der Waals surface area contributed by atoms with E-state index in [-0.39, 0.29) is 11.8 Å². The lowest BCUT2D eigenvalue weighted by atomic mass is 10.1. The topological polar surface area (TPSA) is 61.7 Å². The highest BCUT2D eigenvalue weighted by molar-refractivity contribution is 6.31. The standard InChI is InChI=1S/C24H32ClN5O2/c1-18-23(25)19(2)30(26-18)21-9-7-20(8-10-21)24(32)29-15-13-27(14-16-29)17-22(31)28-11-5-3-4-6-12-28/h7-10H,3-6,11-17H2,1-2H3. The molecule has 1 aromatic heterocycles. The Kier molecular flexibility index (Phi) is 7.16. The molecule has 2 saturated heterocycles. The van der Waals surface area contributed by atoms with E-state index in [4.69, 9.17) is 11.6 Å². The molecule has 8 heteroatoms. The van der Waals surface area contributed by atoms with Crippen LogP contribution in [0, 0.1) is 13.8 Å². The maximum Gasteiger partial charge on any atom is 0.253 e. The maximum absolute atomic E-state index is 13.0. The molecular weight excluding hydrogens is 426 g/mol. The molecular formula is C24H32ClN5O2. The van der Waals surface area contributed by atoms with Crippen LogP contribution in [0.4, 0.5) is 0 Å². The summed E-state index contributed by atoms with van der Waals surface area (Å²) < 4.78 is 1.80. The Morgan fingerprint density at radius 2 is 1.50 bits per heavy atom. The molecule has 0 spiro atoms. The molecule has 32 heavy (non-hydrogen) atoms. The van der Waals surface area contributed by atoms with Crippen LogP contribution in [0.5, 0.6) is 0 Å². The van der Waals surface area contributed by atoms with E-state index in [1.807, 2.05) is 47.9 Å². The molecule has 4 rings (SSSR count). The van der Waals surface area contributed by atoms with Crippen molar-refractivity contribution in [3.05, 3.63) is 46.2 Å². The predicted octanol–water partition coefficient (Wildman–Crippen LogP) is 3.30. The minimum Gasteiger partial charge on any atom is -0.342 e. The smallest absolute Gasteiger partial charge is 0.253 e. The van der Waals surface area contributed by atoms with Crippen molar-refractivity contribution < 1.29 is 9.59 Å². The summed E-state index contributed by atoms with van der Waals surface area (Å²) in [7, 11) is 0. The molecule has 0 aliphatic carbocycles. The number of nitrogens with zero attached hydrogens (tertiary/aromatic N) is 5. The van der Waals surface area contributed by atoms with E-state index in [0.29, 0.717) is 30.2 Å². The summed E-state index contributed by atoms with van der Waals surface area (Å²) in [6.45, 7) is 8.78. The van der Waals surface area contributed by atoms with E-state index >= 15 is 0 Å². The molecule has 2 aliphatic heterocycles. The summed E-state index contributed by atoms with van der Waals surface area (Å²) in [6.07, 6.45) is 4.67. The van der Waals surface area contributed by atoms with Gasteiger partial charge in [0, 0.05) is 44.8 Å². The number of amides is 2. The van der Waals surface area contributed by atoms with Crippen LogP contribution in [0.25, 0.3) is 5.69 Å². The second kappa shape index (κ2) is 10.0. The largest absolute Gasteiger partial charge is 0.342 e. The van der Waals surface area contributed by atoms with E-state index in [0.717, 1.165) is 56.1 Å². The van der Waals surface area contributed by atoms with Crippen molar-refractivity contribution in [1.29, 1.82) is 0 Å². The Balaban J connectivity index is 1.31. The van der Waals surface area contributed by atoms with Crippen molar-refractivity contribution in [1.82, 2.24) is 24.5 Å². The molecule has 2 amide bonds. The first-order chi connectivity index (χ1) is 15.4. The average molecular weight is 458 g/mol. The number of aromatic nitrogens is 2. The van der Waals surface area contributed by atoms with Crippen LogP contribution in [0.15, 0.2) is 24.3 Å². The number of halogens is 1. The molecule has 0 saturated carbocycles. The molecule has 0 radical (unpaired) electrons. The van der Waals surface area contributed by atoms with Gasteiger partial charge in [-0.15, -0.1) is 0 Å². The second-order valence-corrected chi connectivity index (χ2v) is 9.18. The third-order valence-electron chi connectivity index (χ3n) is 6.54. The van der Waals surface area contributed by atoms with Crippen molar-refractivity contribution in [2.75, 3.05) is 45.8 Å². The van der Waals surface area contributed by atoms with Gasteiger partial charge in [-0.2, -0.15) is 5.10 Å². The lowest BCUT2D eigenvalue weighted by Gasteiger charge is -2.35. The number of rotatable bonds is 4. The van der Waals surface area contributed by atoms with Gasteiger partial charge in [-0.1, -0.05) is 24.4 Å². The Morgan fingerprint density at radius 3 is 2.06 bits per heavy atom. The van der Waals surface area contributed by atoms with Gasteiger partial charge in [-0.05, 0) is 51.0 Å². The Labute approximate surface area is 194 Å². The quantitative estimate of drug-likeness (QED) is 0.706. The molecule has 7 nitrogen and oxygen atoms in total. The van der Waals surface area contributed by atoms with Gasteiger partial charge in [0.1, 0.15) is 0 Å². The molecule has 172 valence electrons. The zero-order chi connectivity index (χ0) is 22.7. The molecule has 1 aromatic carbocycles. The van der Waals surface area contributed by atoms with Crippen molar-refractivity contribution in [3.63, 3.8) is 0 Å². The van der Waals surface area contributed by atoms with E-state index in [1.54, 1.807) is 4.68 Å². The monoisotopic (exact) mass is 457 g/mol. The molecule has 0 N–H and O–H groups in total. The van der Waals surface area contributed by atoms with Gasteiger partial charge in [-0.3, -0.25) is 14.5 Å². The van der Waals surface area contributed by atoms with Crippen LogP contribution in [-0.4, -0.2) is 82.1 Å². The van der Waals surface area contributed by atoms with E-state index in [1.165, 1.54) is 12.8 Å². The number of hydrogen-bond donors (Lipinski definition) is 0. The van der Waals surface area contributed by atoms with Crippen molar-refractivity contribution in [2.45, 2.75) is 39.5 Å². The fourth-order valence-electron chi connectivity index (χ4n) is 4.52. The minimum atomic E-state index is 0.0291. The molecule has 0 unspecified atom stereocenters. The minimum absolute atomic E-state index is 0.0291. The molecule has 3 heterocycles. The summed E-state index contributed by atoms with van der Waals surface area (Å²) in [5.41, 5.74) is 3.21. The predicted molar refractivity (Wildman–Crippen MR) is 125 cm³/mol. The van der Waals surface area contributed by atoms with Gasteiger partial charge in [0.15, 0.2) is 0 Å². The summed E-state index contributed by atoms with van der Waals surface area (Å²) in [5.74, 6) is 0.257. The second-order valence-electron chi connectivity index (χ2n) is 8.81. The van der Waals surface area contributed by atoms with Crippen molar-refractivity contribution >= 4 is 23.4 Å². The van der Waals surface area contributed by atoms with Crippen LogP contribution < -0.4 is 0 Å². The molecule has 0 bridgehead atoms. The lowest BCUT2D eigenvalue weighted by Crippen LogP contribution is -2.51. The van der Waals surface area contributed by atoms with Crippen LogP contribution in [0.3, 0.4) is 0 Å². The normalized spacial score (nSPS) is 18.0. The number of likely N-dealkylation sites (tertiary alicyclic amines) is 1. The van der Waals surface area contributed by atoms with E-state index in [2.05, 4.69) is 10.00 Å². The van der Waals surface area contributed by atoms with Crippen LogP contribution >= 0.6 is 11.6 Å². The highest BCUT2D eigenvalue weighted by Gasteiger charge is 2.25. The third kappa shape index (κ3) is 4.99. The van der Waals surface area contributed by atoms with Gasteiger partial charge in [0.2, 0.25) is 5.91 Å². The molecule has 2 fully saturated rings. The maximum atomic E-state index is 13.0. The zero-order valence-corrected chi connectivity index (χ0v) is 19.8. The Morgan fingerprint density at radius 1 is 0.875 bits per heavy atom. The fourth-order valence-corrected chi connectivity index (χ4v) is 4.64. The highest BCUT2D eigenvalue weighted by atomic mass is 35.5. The van der Waals surface area contributed by atoms with E-state index in [9.17, 15) is 9.59 Å². The van der Waals surface area contributed by atoms with Gasteiger partial charge >= 0.3 is 0 Å². The third-order valence-corrected chi connectivity index (χ3v) is 7.09. The first-order valence-electron chi connectivity index (χ1n) is 11.6. The number of carbonyl (C=O) groups excluding carboxylic acids is 2. The highest BCUT2D eigenvalue weighted by Crippen LogP contribution is 2.23. The van der Waals surface area contributed by atoms with Crippen LogP contribution in [0.1, 0.15) is 47.4 Å². The fraction of sp³-hybridized carbons (Fsp3) is 0.542. The van der Waals surface area contributed by atoms with Gasteiger partial charge in [0.25, 0.3) is 5.91 Å². The number of piperazine rings is 1. The van der Waals surface area contributed by atoms with Gasteiger partial charge in [0.05, 0.1) is 28.6 Å². The molecule has 2 aliphatic rings. The lowest BCUT2D eigenvalue weighted by molar-refractivity contribution is -0.132. The SMILES string of the molecule is Cc1nn(-c2ccc(C(=O)N3CCN(CC(=O)N4CCCCCC4)CC3)cc2)c(C)c1Cl. The Hall–Kier alpha value is -2.38. The zero-order valence-electron chi connectivity index (χ0n) is 19.0. The van der Waals surface area contributed by atoms with Crippen molar-refractivity contribution in [2.24, 2.45) is 0 Å². The first-order valence-corrected chi connectivity index (χ1v) is 11.9. The number of carbonyl (C=O) groups is 2. The number of benzene rings is 1. The summed E-state index contributed by atoms with van der Waals surface area (Å²) in [5, 5.41) is 5.13. The number of hydrogen-bond acceptors (Lipinski definition) is 4. The first kappa shape index (κ1) is 22.8.